The summed E-state index contributed by atoms with van der Waals surface area (Å²) < 4.78 is 7.41. The second-order valence-corrected chi connectivity index (χ2v) is 3.90. The summed E-state index contributed by atoms with van der Waals surface area (Å²) in [5.74, 6) is 0.743. The van der Waals surface area contributed by atoms with Crippen LogP contribution in [0.2, 0.25) is 0 Å². The molecule has 0 amide bonds. The van der Waals surface area contributed by atoms with Gasteiger partial charge in [-0.1, -0.05) is 6.07 Å². The van der Waals surface area contributed by atoms with E-state index in [2.05, 4.69) is 11.2 Å². The molecule has 4 nitrogen and oxygen atoms in total. The summed E-state index contributed by atoms with van der Waals surface area (Å²) in [5.41, 5.74) is 2.64. The van der Waals surface area contributed by atoms with E-state index < -0.39 is 0 Å². The van der Waals surface area contributed by atoms with Gasteiger partial charge in [0, 0.05) is 18.8 Å². The zero-order valence-corrected chi connectivity index (χ0v) is 9.84. The quantitative estimate of drug-likeness (QED) is 0.807. The predicted molar refractivity (Wildman–Crippen MR) is 63.4 cm³/mol. The maximum atomic E-state index is 8.82. The van der Waals surface area contributed by atoms with Crippen LogP contribution in [0.4, 0.5) is 0 Å². The maximum Gasteiger partial charge on any atom is 0.124 e. The Kier molecular flexibility index (Phi) is 3.10. The van der Waals surface area contributed by atoms with Gasteiger partial charge in [-0.15, -0.1) is 0 Å². The summed E-state index contributed by atoms with van der Waals surface area (Å²) in [4.78, 5) is 0. The molecule has 0 bridgehead atoms. The van der Waals surface area contributed by atoms with E-state index in [9.17, 15) is 0 Å². The molecule has 0 atom stereocenters. The van der Waals surface area contributed by atoms with Crippen LogP contribution in [0.25, 0.3) is 0 Å². The molecule has 0 N–H and O–H groups in total. The molecule has 0 spiro atoms. The minimum Gasteiger partial charge on any atom is -0.488 e. The van der Waals surface area contributed by atoms with Gasteiger partial charge in [-0.05, 0) is 24.6 Å². The smallest absolute Gasteiger partial charge is 0.124 e. The van der Waals surface area contributed by atoms with Gasteiger partial charge < -0.3 is 4.74 Å². The Bertz CT molecular complexity index is 566. The molecule has 0 unspecified atom stereocenters. The third-order valence-corrected chi connectivity index (χ3v) is 2.47. The summed E-state index contributed by atoms with van der Waals surface area (Å²) in [6.45, 7) is 2.42. The van der Waals surface area contributed by atoms with Crippen molar-refractivity contribution in [2.45, 2.75) is 13.5 Å². The number of rotatable bonds is 3. The maximum absolute atomic E-state index is 8.82. The molecule has 0 fully saturated rings. The molecule has 1 aromatic heterocycles. The van der Waals surface area contributed by atoms with Crippen LogP contribution in [0, 0.1) is 18.3 Å². The number of aryl methyl sites for hydroxylation is 2. The van der Waals surface area contributed by atoms with Crippen molar-refractivity contribution in [3.8, 4) is 11.8 Å². The molecule has 17 heavy (non-hydrogen) atoms. The number of hydrogen-bond donors (Lipinski definition) is 0. The topological polar surface area (TPSA) is 50.8 Å². The van der Waals surface area contributed by atoms with Gasteiger partial charge in [0.25, 0.3) is 0 Å². The fraction of sp³-hybridized carbons (Fsp3) is 0.231. The minimum absolute atomic E-state index is 0.462. The highest BCUT2D eigenvalue weighted by molar-refractivity contribution is 5.41. The van der Waals surface area contributed by atoms with Gasteiger partial charge in [-0.25, -0.2) is 0 Å². The molecule has 0 aliphatic heterocycles. The van der Waals surface area contributed by atoms with Gasteiger partial charge in [0.1, 0.15) is 12.4 Å². The Morgan fingerprint density at radius 2 is 2.29 bits per heavy atom. The molecule has 86 valence electrons. The highest BCUT2D eigenvalue weighted by atomic mass is 16.5. The number of aromatic nitrogens is 2. The zero-order valence-electron chi connectivity index (χ0n) is 9.84. The lowest BCUT2D eigenvalue weighted by Gasteiger charge is -2.07. The third-order valence-electron chi connectivity index (χ3n) is 2.47. The molecular weight excluding hydrogens is 214 g/mol. The lowest BCUT2D eigenvalue weighted by atomic mass is 10.1. The van der Waals surface area contributed by atoms with Crippen molar-refractivity contribution < 1.29 is 4.74 Å². The molecule has 2 aromatic rings. The summed E-state index contributed by atoms with van der Waals surface area (Å²) in [6, 6.07) is 7.53. The Morgan fingerprint density at radius 1 is 1.47 bits per heavy atom. The van der Waals surface area contributed by atoms with Gasteiger partial charge in [-0.2, -0.15) is 10.4 Å². The number of nitriles is 1. The van der Waals surface area contributed by atoms with Gasteiger partial charge in [0.2, 0.25) is 0 Å². The highest BCUT2D eigenvalue weighted by Gasteiger charge is 2.03. The van der Waals surface area contributed by atoms with Crippen LogP contribution >= 0.6 is 0 Å². The Balaban J connectivity index is 2.11. The van der Waals surface area contributed by atoms with Crippen LogP contribution in [-0.2, 0) is 13.7 Å². The first-order valence-corrected chi connectivity index (χ1v) is 5.30. The second-order valence-electron chi connectivity index (χ2n) is 3.90. The summed E-state index contributed by atoms with van der Waals surface area (Å²) >= 11 is 0. The van der Waals surface area contributed by atoms with Crippen molar-refractivity contribution >= 4 is 0 Å². The number of nitrogens with zero attached hydrogens (tertiary/aromatic N) is 3. The largest absolute Gasteiger partial charge is 0.488 e. The summed E-state index contributed by atoms with van der Waals surface area (Å²) in [6.07, 6.45) is 3.67. The number of benzene rings is 1. The van der Waals surface area contributed by atoms with Crippen LogP contribution in [-0.4, -0.2) is 9.78 Å². The standard InChI is InChI=1S/C13H13N3O/c1-10-3-4-11(6-14)5-13(10)17-9-12-7-15-16(2)8-12/h3-5,7-8H,9H2,1-2H3. The van der Waals surface area contributed by atoms with Crippen molar-refractivity contribution in [3.05, 3.63) is 47.3 Å². The molecule has 0 aliphatic rings. The van der Waals surface area contributed by atoms with Crippen LogP contribution in [0.5, 0.6) is 5.75 Å². The van der Waals surface area contributed by atoms with Crippen LogP contribution in [0.1, 0.15) is 16.7 Å². The Morgan fingerprint density at radius 3 is 2.94 bits per heavy atom. The fourth-order valence-corrected chi connectivity index (χ4v) is 1.53. The molecule has 0 aliphatic carbocycles. The second kappa shape index (κ2) is 4.71. The van der Waals surface area contributed by atoms with Crippen molar-refractivity contribution in [2.24, 2.45) is 7.05 Å². The lowest BCUT2D eigenvalue weighted by molar-refractivity contribution is 0.304. The molecule has 0 saturated heterocycles. The number of hydrogen-bond acceptors (Lipinski definition) is 3. The summed E-state index contributed by atoms with van der Waals surface area (Å²) in [5, 5.41) is 12.9. The average Bonchev–Trinajstić information content (AvgIpc) is 2.74. The van der Waals surface area contributed by atoms with Crippen molar-refractivity contribution in [1.29, 1.82) is 5.26 Å². The van der Waals surface area contributed by atoms with Gasteiger partial charge in [-0.3, -0.25) is 4.68 Å². The monoisotopic (exact) mass is 227 g/mol. The van der Waals surface area contributed by atoms with E-state index in [1.807, 2.05) is 26.2 Å². The average molecular weight is 227 g/mol. The SMILES string of the molecule is Cc1ccc(C#N)cc1OCc1cnn(C)c1. The molecule has 0 saturated carbocycles. The van der Waals surface area contributed by atoms with Gasteiger partial charge in [0.15, 0.2) is 0 Å². The first-order valence-electron chi connectivity index (χ1n) is 5.30. The van der Waals surface area contributed by atoms with Crippen molar-refractivity contribution in [2.75, 3.05) is 0 Å². The van der Waals surface area contributed by atoms with Gasteiger partial charge in [0.05, 0.1) is 17.8 Å². The zero-order chi connectivity index (χ0) is 12.3. The molecule has 0 radical (unpaired) electrons. The molecule has 1 heterocycles. The predicted octanol–water partition coefficient (Wildman–Crippen LogP) is 2.18. The Hall–Kier alpha value is -2.28. The third kappa shape index (κ3) is 2.64. The minimum atomic E-state index is 0.462. The van der Waals surface area contributed by atoms with Crippen LogP contribution < -0.4 is 4.74 Å². The van der Waals surface area contributed by atoms with Crippen molar-refractivity contribution in [1.82, 2.24) is 9.78 Å². The first kappa shape index (κ1) is 11.2. The van der Waals surface area contributed by atoms with E-state index in [1.54, 1.807) is 23.0 Å². The Labute approximate surface area is 100 Å². The number of ether oxygens (including phenoxy) is 1. The van der Waals surface area contributed by atoms with E-state index in [0.717, 1.165) is 16.9 Å². The first-order chi connectivity index (χ1) is 8.19. The molecule has 2 rings (SSSR count). The lowest BCUT2D eigenvalue weighted by Crippen LogP contribution is -1.96. The fourth-order valence-electron chi connectivity index (χ4n) is 1.53. The van der Waals surface area contributed by atoms with Crippen LogP contribution in [0.3, 0.4) is 0 Å². The van der Waals surface area contributed by atoms with Crippen molar-refractivity contribution in [3.63, 3.8) is 0 Å². The van der Waals surface area contributed by atoms with E-state index in [4.69, 9.17) is 10.00 Å². The van der Waals surface area contributed by atoms with E-state index >= 15 is 0 Å². The molecular formula is C13H13N3O. The molecule has 1 aromatic carbocycles. The van der Waals surface area contributed by atoms with Crippen LogP contribution in [0.15, 0.2) is 30.6 Å². The van der Waals surface area contributed by atoms with E-state index in [-0.39, 0.29) is 0 Å². The normalized spacial score (nSPS) is 9.94. The summed E-state index contributed by atoms with van der Waals surface area (Å²) in [7, 11) is 1.87. The van der Waals surface area contributed by atoms with E-state index in [0.29, 0.717) is 12.2 Å². The van der Waals surface area contributed by atoms with E-state index in [1.165, 1.54) is 0 Å². The molecule has 4 heteroatoms. The highest BCUT2D eigenvalue weighted by Crippen LogP contribution is 2.20. The van der Waals surface area contributed by atoms with Gasteiger partial charge >= 0.3 is 0 Å².